The molecular formula is C13H19BrClN. The zero-order valence-corrected chi connectivity index (χ0v) is 12.4. The average Bonchev–Trinajstić information content (AvgIpc) is 2.25. The summed E-state index contributed by atoms with van der Waals surface area (Å²) in [5.41, 5.74) is 1.18. The van der Waals surface area contributed by atoms with E-state index >= 15 is 0 Å². The van der Waals surface area contributed by atoms with Gasteiger partial charge in [-0.1, -0.05) is 44.0 Å². The summed E-state index contributed by atoms with van der Waals surface area (Å²) >= 11 is 9.80. The van der Waals surface area contributed by atoms with Gasteiger partial charge in [0.05, 0.1) is 5.02 Å². The van der Waals surface area contributed by atoms with Gasteiger partial charge in [0.25, 0.3) is 0 Å². The number of nitrogens with one attached hydrogen (secondary N) is 1. The molecule has 0 bridgehead atoms. The third-order valence-corrected chi connectivity index (χ3v) is 4.25. The van der Waals surface area contributed by atoms with Crippen molar-refractivity contribution in [2.75, 3.05) is 7.05 Å². The van der Waals surface area contributed by atoms with Crippen molar-refractivity contribution in [2.24, 2.45) is 5.92 Å². The van der Waals surface area contributed by atoms with Crippen molar-refractivity contribution in [1.29, 1.82) is 0 Å². The molecule has 0 fully saturated rings. The first-order valence-electron chi connectivity index (χ1n) is 5.73. The molecule has 90 valence electrons. The highest BCUT2D eigenvalue weighted by Gasteiger charge is 2.19. The minimum Gasteiger partial charge on any atom is -0.313 e. The Hall–Kier alpha value is -0.0500. The average molecular weight is 305 g/mol. The molecule has 1 rings (SSSR count). The van der Waals surface area contributed by atoms with E-state index in [2.05, 4.69) is 41.2 Å². The summed E-state index contributed by atoms with van der Waals surface area (Å²) in [6, 6.07) is 6.43. The largest absolute Gasteiger partial charge is 0.313 e. The van der Waals surface area contributed by atoms with E-state index in [4.69, 9.17) is 11.6 Å². The van der Waals surface area contributed by atoms with Crippen LogP contribution in [0.2, 0.25) is 5.02 Å². The summed E-state index contributed by atoms with van der Waals surface area (Å²) in [5.74, 6) is 0.585. The Morgan fingerprint density at radius 1 is 1.44 bits per heavy atom. The van der Waals surface area contributed by atoms with Crippen LogP contribution in [0.1, 0.15) is 38.3 Å². The highest BCUT2D eigenvalue weighted by atomic mass is 79.9. The first-order valence-corrected chi connectivity index (χ1v) is 6.90. The lowest BCUT2D eigenvalue weighted by Gasteiger charge is -2.25. The van der Waals surface area contributed by atoms with E-state index in [0.717, 1.165) is 9.50 Å². The highest BCUT2D eigenvalue weighted by Crippen LogP contribution is 2.34. The van der Waals surface area contributed by atoms with Crippen LogP contribution in [0.5, 0.6) is 0 Å². The van der Waals surface area contributed by atoms with Gasteiger partial charge < -0.3 is 5.32 Å². The van der Waals surface area contributed by atoms with Crippen LogP contribution in [-0.2, 0) is 0 Å². The Bertz CT molecular complexity index is 341. The van der Waals surface area contributed by atoms with Crippen LogP contribution in [0, 0.1) is 5.92 Å². The number of rotatable bonds is 5. The van der Waals surface area contributed by atoms with Gasteiger partial charge in [-0.15, -0.1) is 0 Å². The highest BCUT2D eigenvalue weighted by molar-refractivity contribution is 9.10. The van der Waals surface area contributed by atoms with Crippen molar-refractivity contribution in [2.45, 2.75) is 32.7 Å². The van der Waals surface area contributed by atoms with E-state index < -0.39 is 0 Å². The van der Waals surface area contributed by atoms with Crippen LogP contribution < -0.4 is 5.32 Å². The molecule has 1 nitrogen and oxygen atoms in total. The van der Waals surface area contributed by atoms with Crippen LogP contribution in [0.4, 0.5) is 0 Å². The van der Waals surface area contributed by atoms with Crippen molar-refractivity contribution in [3.05, 3.63) is 33.3 Å². The van der Waals surface area contributed by atoms with Gasteiger partial charge in [0.2, 0.25) is 0 Å². The van der Waals surface area contributed by atoms with E-state index in [1.165, 1.54) is 18.4 Å². The third-order valence-electron chi connectivity index (χ3n) is 2.94. The first-order chi connectivity index (χ1) is 7.61. The summed E-state index contributed by atoms with van der Waals surface area (Å²) in [6.45, 7) is 4.48. The van der Waals surface area contributed by atoms with Gasteiger partial charge in [-0.2, -0.15) is 0 Å². The second kappa shape index (κ2) is 6.63. The normalized spacial score (nSPS) is 14.8. The van der Waals surface area contributed by atoms with Crippen molar-refractivity contribution in [3.63, 3.8) is 0 Å². The molecule has 3 heteroatoms. The minimum absolute atomic E-state index is 0.324. The maximum Gasteiger partial charge on any atom is 0.0595 e. The fourth-order valence-corrected chi connectivity index (χ4v) is 2.75. The molecule has 0 spiro atoms. The third kappa shape index (κ3) is 3.22. The maximum absolute atomic E-state index is 6.32. The molecule has 0 radical (unpaired) electrons. The van der Waals surface area contributed by atoms with E-state index in [0.29, 0.717) is 12.0 Å². The minimum atomic E-state index is 0.324. The Labute approximate surface area is 112 Å². The summed E-state index contributed by atoms with van der Waals surface area (Å²) in [7, 11) is 1.99. The van der Waals surface area contributed by atoms with Crippen LogP contribution >= 0.6 is 27.5 Å². The van der Waals surface area contributed by atoms with Crippen molar-refractivity contribution in [1.82, 2.24) is 5.32 Å². The molecule has 1 aromatic carbocycles. The predicted octanol–water partition coefficient (Wildman–Crippen LogP) is 4.80. The second-order valence-corrected chi connectivity index (χ2v) is 5.41. The van der Waals surface area contributed by atoms with Crippen LogP contribution in [0.15, 0.2) is 22.7 Å². The summed E-state index contributed by atoms with van der Waals surface area (Å²) in [6.07, 6.45) is 2.40. The molecule has 0 aliphatic carbocycles. The monoisotopic (exact) mass is 303 g/mol. The second-order valence-electron chi connectivity index (χ2n) is 4.18. The molecule has 0 aliphatic heterocycles. The van der Waals surface area contributed by atoms with Crippen LogP contribution in [0.3, 0.4) is 0 Å². The molecule has 0 aromatic heterocycles. The number of hydrogen-bond donors (Lipinski definition) is 1. The quantitative estimate of drug-likeness (QED) is 0.824. The van der Waals surface area contributed by atoms with Gasteiger partial charge in [0, 0.05) is 10.5 Å². The smallest absolute Gasteiger partial charge is 0.0595 e. The standard InChI is InChI=1S/C13H19BrClN/c1-4-6-9(2)13(16-3)10-7-5-8-11(14)12(10)15/h5,7-9,13,16H,4,6H2,1-3H3. The van der Waals surface area contributed by atoms with Gasteiger partial charge >= 0.3 is 0 Å². The van der Waals surface area contributed by atoms with E-state index in [1.807, 2.05) is 19.2 Å². The Kier molecular flexibility index (Phi) is 5.81. The summed E-state index contributed by atoms with van der Waals surface area (Å²) in [4.78, 5) is 0. The van der Waals surface area contributed by atoms with E-state index in [1.54, 1.807) is 0 Å². The maximum atomic E-state index is 6.32. The molecular weight excluding hydrogens is 286 g/mol. The fourth-order valence-electron chi connectivity index (χ4n) is 2.13. The lowest BCUT2D eigenvalue weighted by molar-refractivity contribution is 0.384. The number of benzene rings is 1. The SMILES string of the molecule is CCCC(C)C(NC)c1cccc(Br)c1Cl. The topological polar surface area (TPSA) is 12.0 Å². The zero-order chi connectivity index (χ0) is 12.1. The van der Waals surface area contributed by atoms with Crippen LogP contribution in [-0.4, -0.2) is 7.05 Å². The van der Waals surface area contributed by atoms with Gasteiger partial charge in [-0.3, -0.25) is 0 Å². The number of hydrogen-bond acceptors (Lipinski definition) is 1. The molecule has 1 aromatic rings. The predicted molar refractivity (Wildman–Crippen MR) is 75.0 cm³/mol. The Morgan fingerprint density at radius 2 is 2.12 bits per heavy atom. The van der Waals surface area contributed by atoms with E-state index in [9.17, 15) is 0 Å². The molecule has 1 N–H and O–H groups in total. The van der Waals surface area contributed by atoms with Crippen molar-refractivity contribution in [3.8, 4) is 0 Å². The molecule has 0 saturated heterocycles. The van der Waals surface area contributed by atoms with Gasteiger partial charge in [0.15, 0.2) is 0 Å². The molecule has 0 saturated carbocycles. The lowest BCUT2D eigenvalue weighted by Crippen LogP contribution is -2.23. The van der Waals surface area contributed by atoms with E-state index in [-0.39, 0.29) is 0 Å². The molecule has 0 amide bonds. The number of halogens is 2. The van der Waals surface area contributed by atoms with Crippen LogP contribution in [0.25, 0.3) is 0 Å². The lowest BCUT2D eigenvalue weighted by atomic mass is 9.91. The van der Waals surface area contributed by atoms with Crippen molar-refractivity contribution < 1.29 is 0 Å². The molecule has 0 aliphatic rings. The Balaban J connectivity index is 2.99. The first kappa shape index (κ1) is 14.0. The summed E-state index contributed by atoms with van der Waals surface area (Å²) in [5, 5.41) is 4.19. The molecule has 2 atom stereocenters. The molecule has 2 unspecified atom stereocenters. The van der Waals surface area contributed by atoms with Gasteiger partial charge in [-0.05, 0) is 46.9 Å². The van der Waals surface area contributed by atoms with Gasteiger partial charge in [-0.25, -0.2) is 0 Å². The molecule has 16 heavy (non-hydrogen) atoms. The fraction of sp³-hybridized carbons (Fsp3) is 0.538. The summed E-state index contributed by atoms with van der Waals surface area (Å²) < 4.78 is 0.968. The van der Waals surface area contributed by atoms with Gasteiger partial charge in [0.1, 0.15) is 0 Å². The molecule has 0 heterocycles. The van der Waals surface area contributed by atoms with Crippen molar-refractivity contribution >= 4 is 27.5 Å². The zero-order valence-electron chi connectivity index (χ0n) is 10.1. The Morgan fingerprint density at radius 3 is 2.69 bits per heavy atom.